The molecule has 0 bridgehead atoms. The van der Waals surface area contributed by atoms with Gasteiger partial charge in [-0.2, -0.15) is 0 Å². The molecule has 7 heteroatoms. The Balaban J connectivity index is 1.47. The summed E-state index contributed by atoms with van der Waals surface area (Å²) in [4.78, 5) is 28.2. The number of benzene rings is 1. The van der Waals surface area contributed by atoms with E-state index in [-0.39, 0.29) is 23.7 Å². The average molecular weight is 398 g/mol. The van der Waals surface area contributed by atoms with E-state index in [1.54, 1.807) is 6.07 Å². The normalized spacial score (nSPS) is 20.3. The number of primary amides is 1. The molecule has 5 nitrogen and oxygen atoms in total. The minimum absolute atomic E-state index is 0.0787. The van der Waals surface area contributed by atoms with Crippen molar-refractivity contribution < 1.29 is 9.59 Å². The first-order valence-corrected chi connectivity index (χ1v) is 9.94. The number of likely N-dealkylation sites (tertiary alicyclic amines) is 2. The van der Waals surface area contributed by atoms with E-state index in [1.165, 1.54) is 0 Å². The maximum absolute atomic E-state index is 12.7. The van der Waals surface area contributed by atoms with Crippen molar-refractivity contribution in [1.82, 2.24) is 9.80 Å². The number of amides is 2. The van der Waals surface area contributed by atoms with Crippen LogP contribution in [0, 0.1) is 11.8 Å². The summed E-state index contributed by atoms with van der Waals surface area (Å²) >= 11 is 12.2. The number of hydrogen-bond acceptors (Lipinski definition) is 3. The van der Waals surface area contributed by atoms with E-state index in [4.69, 9.17) is 28.9 Å². The van der Waals surface area contributed by atoms with Crippen LogP contribution in [0.2, 0.25) is 10.0 Å². The van der Waals surface area contributed by atoms with Gasteiger partial charge < -0.3 is 10.6 Å². The summed E-state index contributed by atoms with van der Waals surface area (Å²) in [5, 5.41) is 1.33. The molecule has 1 aromatic rings. The first-order valence-electron chi connectivity index (χ1n) is 9.18. The molecule has 2 fully saturated rings. The predicted molar refractivity (Wildman–Crippen MR) is 103 cm³/mol. The van der Waals surface area contributed by atoms with Crippen LogP contribution in [0.15, 0.2) is 18.2 Å². The molecule has 0 aromatic heterocycles. The van der Waals surface area contributed by atoms with E-state index in [0.29, 0.717) is 36.0 Å². The lowest BCUT2D eigenvalue weighted by Crippen LogP contribution is -2.46. The molecule has 2 heterocycles. The second-order valence-electron chi connectivity index (χ2n) is 7.29. The molecule has 0 spiro atoms. The molecule has 142 valence electrons. The zero-order valence-corrected chi connectivity index (χ0v) is 16.3. The molecular formula is C19H25Cl2N3O2. The van der Waals surface area contributed by atoms with Gasteiger partial charge in [0.2, 0.25) is 11.8 Å². The second kappa shape index (κ2) is 8.59. The zero-order chi connectivity index (χ0) is 18.7. The summed E-state index contributed by atoms with van der Waals surface area (Å²) in [5.41, 5.74) is 6.43. The zero-order valence-electron chi connectivity index (χ0n) is 14.8. The van der Waals surface area contributed by atoms with Gasteiger partial charge >= 0.3 is 0 Å². The van der Waals surface area contributed by atoms with Gasteiger partial charge in [-0.3, -0.25) is 14.5 Å². The quantitative estimate of drug-likeness (QED) is 0.848. The molecule has 2 saturated heterocycles. The Morgan fingerprint density at radius 3 is 2.19 bits per heavy atom. The predicted octanol–water partition coefficient (Wildman–Crippen LogP) is 2.93. The van der Waals surface area contributed by atoms with Crippen LogP contribution >= 0.6 is 23.2 Å². The molecule has 0 saturated carbocycles. The standard InChI is InChI=1S/C19H25Cl2N3O2/c20-16-2-1-15(17(21)11-16)12-23-7-3-14(4-8-23)19(26)24-9-5-13(6-10-24)18(22)25/h1-2,11,13-14H,3-10,12H2,(H2,22,25). The first kappa shape index (κ1) is 19.5. The van der Waals surface area contributed by atoms with Crippen molar-refractivity contribution in [2.24, 2.45) is 17.6 Å². The third-order valence-electron chi connectivity index (χ3n) is 5.55. The highest BCUT2D eigenvalue weighted by Gasteiger charge is 2.32. The molecule has 0 aliphatic carbocycles. The van der Waals surface area contributed by atoms with E-state index >= 15 is 0 Å². The molecule has 2 aliphatic rings. The van der Waals surface area contributed by atoms with Crippen molar-refractivity contribution in [2.75, 3.05) is 26.2 Å². The molecule has 2 N–H and O–H groups in total. The third-order valence-corrected chi connectivity index (χ3v) is 6.14. The van der Waals surface area contributed by atoms with Crippen LogP contribution in [-0.2, 0) is 16.1 Å². The van der Waals surface area contributed by atoms with Crippen LogP contribution in [0.3, 0.4) is 0 Å². The van der Waals surface area contributed by atoms with Crippen molar-refractivity contribution in [2.45, 2.75) is 32.2 Å². The Bertz CT molecular complexity index is 667. The minimum Gasteiger partial charge on any atom is -0.369 e. The van der Waals surface area contributed by atoms with E-state index in [1.807, 2.05) is 17.0 Å². The number of piperidine rings is 2. The van der Waals surface area contributed by atoms with Gasteiger partial charge in [-0.25, -0.2) is 0 Å². The van der Waals surface area contributed by atoms with Crippen LogP contribution in [0.1, 0.15) is 31.2 Å². The van der Waals surface area contributed by atoms with Crippen LogP contribution in [0.25, 0.3) is 0 Å². The number of halogens is 2. The summed E-state index contributed by atoms with van der Waals surface area (Å²) in [7, 11) is 0. The van der Waals surface area contributed by atoms with Gasteiger partial charge in [0, 0.05) is 41.5 Å². The highest BCUT2D eigenvalue weighted by molar-refractivity contribution is 6.35. The molecular weight excluding hydrogens is 373 g/mol. The number of carbonyl (C=O) groups excluding carboxylic acids is 2. The van der Waals surface area contributed by atoms with E-state index < -0.39 is 0 Å². The number of nitrogens with zero attached hydrogens (tertiary/aromatic N) is 2. The average Bonchev–Trinajstić information content (AvgIpc) is 2.64. The van der Waals surface area contributed by atoms with E-state index in [9.17, 15) is 9.59 Å². The smallest absolute Gasteiger partial charge is 0.225 e. The Morgan fingerprint density at radius 2 is 1.62 bits per heavy atom. The largest absolute Gasteiger partial charge is 0.369 e. The monoisotopic (exact) mass is 397 g/mol. The Hall–Kier alpha value is -1.30. The minimum atomic E-state index is -0.244. The molecule has 1 aromatic carbocycles. The summed E-state index contributed by atoms with van der Waals surface area (Å²) in [6.07, 6.45) is 3.10. The van der Waals surface area contributed by atoms with Gasteiger partial charge in [0.15, 0.2) is 0 Å². The summed E-state index contributed by atoms with van der Waals surface area (Å²) in [6, 6.07) is 5.59. The highest BCUT2D eigenvalue weighted by atomic mass is 35.5. The molecule has 3 rings (SSSR count). The molecule has 0 radical (unpaired) electrons. The van der Waals surface area contributed by atoms with Crippen LogP contribution in [0.5, 0.6) is 0 Å². The van der Waals surface area contributed by atoms with Crippen LogP contribution in [0.4, 0.5) is 0 Å². The number of nitrogens with two attached hydrogens (primary N) is 1. The lowest BCUT2D eigenvalue weighted by Gasteiger charge is -2.36. The van der Waals surface area contributed by atoms with Crippen molar-refractivity contribution in [3.8, 4) is 0 Å². The number of carbonyl (C=O) groups is 2. The molecule has 2 amide bonds. The van der Waals surface area contributed by atoms with E-state index in [2.05, 4.69) is 4.90 Å². The Morgan fingerprint density at radius 1 is 1.00 bits per heavy atom. The molecule has 0 atom stereocenters. The third kappa shape index (κ3) is 4.70. The van der Waals surface area contributed by atoms with Crippen molar-refractivity contribution in [3.63, 3.8) is 0 Å². The Labute approximate surface area is 164 Å². The van der Waals surface area contributed by atoms with E-state index in [0.717, 1.165) is 38.0 Å². The van der Waals surface area contributed by atoms with Gasteiger partial charge in [0.05, 0.1) is 0 Å². The SMILES string of the molecule is NC(=O)C1CCN(C(=O)C2CCN(Cc3ccc(Cl)cc3Cl)CC2)CC1. The van der Waals surface area contributed by atoms with Gasteiger partial charge in [-0.15, -0.1) is 0 Å². The fourth-order valence-electron chi connectivity index (χ4n) is 3.87. The van der Waals surface area contributed by atoms with Gasteiger partial charge in [0.25, 0.3) is 0 Å². The fourth-order valence-corrected chi connectivity index (χ4v) is 4.34. The Kier molecular flexibility index (Phi) is 6.43. The van der Waals surface area contributed by atoms with Gasteiger partial charge in [-0.05, 0) is 56.5 Å². The maximum Gasteiger partial charge on any atom is 0.225 e. The lowest BCUT2D eigenvalue weighted by molar-refractivity contribution is -0.140. The number of rotatable bonds is 4. The summed E-state index contributed by atoms with van der Waals surface area (Å²) < 4.78 is 0. The summed E-state index contributed by atoms with van der Waals surface area (Å²) in [5.74, 6) is -0.00884. The number of hydrogen-bond donors (Lipinski definition) is 1. The first-order chi connectivity index (χ1) is 12.4. The van der Waals surface area contributed by atoms with Crippen LogP contribution < -0.4 is 5.73 Å². The van der Waals surface area contributed by atoms with Crippen molar-refractivity contribution >= 4 is 35.0 Å². The molecule has 2 aliphatic heterocycles. The van der Waals surface area contributed by atoms with Crippen molar-refractivity contribution in [3.05, 3.63) is 33.8 Å². The molecule has 0 unspecified atom stereocenters. The topological polar surface area (TPSA) is 66.6 Å². The second-order valence-corrected chi connectivity index (χ2v) is 8.13. The maximum atomic E-state index is 12.7. The molecule has 26 heavy (non-hydrogen) atoms. The highest BCUT2D eigenvalue weighted by Crippen LogP contribution is 2.27. The van der Waals surface area contributed by atoms with Gasteiger partial charge in [0.1, 0.15) is 0 Å². The summed E-state index contributed by atoms with van der Waals surface area (Å²) in [6.45, 7) is 3.83. The fraction of sp³-hybridized carbons (Fsp3) is 0.579. The van der Waals surface area contributed by atoms with Gasteiger partial charge in [-0.1, -0.05) is 29.3 Å². The van der Waals surface area contributed by atoms with Crippen molar-refractivity contribution in [1.29, 1.82) is 0 Å². The van der Waals surface area contributed by atoms with Crippen LogP contribution in [-0.4, -0.2) is 47.8 Å². The lowest BCUT2D eigenvalue weighted by atomic mass is 9.91.